The number of nitrogens with one attached hydrogen (secondary N) is 1. The molecule has 0 saturated carbocycles. The second kappa shape index (κ2) is 16.3. The summed E-state index contributed by atoms with van der Waals surface area (Å²) in [5, 5.41) is 25.1. The molecule has 0 heterocycles. The SMILES string of the molecule is CCCCCCCCCCCCCCC(C)Nc1ccc(C(=O)C(C(=O)[O-])C(=O)[O-])cc1. The van der Waals surface area contributed by atoms with E-state index in [-0.39, 0.29) is 11.6 Å². The average molecular weight is 446 g/mol. The third-order valence-corrected chi connectivity index (χ3v) is 5.81. The van der Waals surface area contributed by atoms with E-state index < -0.39 is 23.6 Å². The summed E-state index contributed by atoms with van der Waals surface area (Å²) < 4.78 is 0. The third-order valence-electron chi connectivity index (χ3n) is 5.81. The topological polar surface area (TPSA) is 109 Å². The highest BCUT2D eigenvalue weighted by Crippen LogP contribution is 2.17. The lowest BCUT2D eigenvalue weighted by molar-refractivity contribution is -0.328. The van der Waals surface area contributed by atoms with Crippen molar-refractivity contribution in [3.05, 3.63) is 29.8 Å². The average Bonchev–Trinajstić information content (AvgIpc) is 2.74. The normalized spacial score (nSPS) is 12.0. The van der Waals surface area contributed by atoms with Gasteiger partial charge in [0.1, 0.15) is 5.92 Å². The molecule has 0 radical (unpaired) electrons. The monoisotopic (exact) mass is 445 g/mol. The van der Waals surface area contributed by atoms with Crippen LogP contribution < -0.4 is 15.5 Å². The number of anilines is 1. The molecule has 0 aliphatic carbocycles. The largest absolute Gasteiger partial charge is 0.549 e. The maximum atomic E-state index is 12.0. The van der Waals surface area contributed by atoms with Crippen molar-refractivity contribution in [3.63, 3.8) is 0 Å². The van der Waals surface area contributed by atoms with Crippen molar-refractivity contribution in [2.75, 3.05) is 5.32 Å². The van der Waals surface area contributed by atoms with Crippen LogP contribution in [0.1, 0.15) is 108 Å². The molecule has 1 atom stereocenters. The molecule has 1 aromatic rings. The fourth-order valence-electron chi connectivity index (χ4n) is 3.86. The van der Waals surface area contributed by atoms with E-state index in [2.05, 4.69) is 19.2 Å². The predicted octanol–water partition coefficient (Wildman–Crippen LogP) is 3.88. The highest BCUT2D eigenvalue weighted by molar-refractivity contribution is 6.19. The first-order valence-electron chi connectivity index (χ1n) is 12.2. The first-order valence-corrected chi connectivity index (χ1v) is 12.2. The number of benzene rings is 1. The molecule has 1 N–H and O–H groups in total. The number of unbranched alkanes of at least 4 members (excludes halogenated alkanes) is 11. The molecule has 32 heavy (non-hydrogen) atoms. The first kappa shape index (κ1) is 27.7. The van der Waals surface area contributed by atoms with Gasteiger partial charge in [-0.25, -0.2) is 0 Å². The lowest BCUT2D eigenvalue weighted by Gasteiger charge is -2.18. The molecule has 0 amide bonds. The zero-order chi connectivity index (χ0) is 23.8. The molecule has 0 aromatic heterocycles. The summed E-state index contributed by atoms with van der Waals surface area (Å²) in [6, 6.07) is 6.39. The van der Waals surface area contributed by atoms with Gasteiger partial charge in [0.25, 0.3) is 0 Å². The molecule has 0 aliphatic heterocycles. The summed E-state index contributed by atoms with van der Waals surface area (Å²) in [4.78, 5) is 33.8. The molecular weight excluding hydrogens is 406 g/mol. The van der Waals surface area contributed by atoms with Gasteiger partial charge in [0, 0.05) is 17.3 Å². The summed E-state index contributed by atoms with van der Waals surface area (Å²) in [6.07, 6.45) is 16.9. The van der Waals surface area contributed by atoms with Gasteiger partial charge in [-0.2, -0.15) is 0 Å². The summed E-state index contributed by atoms with van der Waals surface area (Å²) in [5.74, 6) is -7.26. The Balaban J connectivity index is 2.19. The van der Waals surface area contributed by atoms with E-state index in [4.69, 9.17) is 0 Å². The van der Waals surface area contributed by atoms with Crippen LogP contribution in [0.3, 0.4) is 0 Å². The molecule has 0 bridgehead atoms. The Bertz CT molecular complexity index is 672. The number of ketones is 1. The standard InChI is InChI=1S/C26H41NO5/c1-3-4-5-6-7-8-9-10-11-12-13-14-15-20(2)27-22-18-16-21(17-19-22)24(28)23(25(29)30)26(31)32/h16-20,23,27H,3-15H2,1-2H3,(H,29,30)(H,31,32)/p-2. The van der Waals surface area contributed by atoms with Crippen LogP contribution in [-0.4, -0.2) is 23.8 Å². The van der Waals surface area contributed by atoms with Crippen molar-refractivity contribution < 1.29 is 24.6 Å². The molecular formula is C26H39NO5-2. The van der Waals surface area contributed by atoms with Crippen molar-refractivity contribution in [2.45, 2.75) is 103 Å². The number of hydrogen-bond acceptors (Lipinski definition) is 6. The van der Waals surface area contributed by atoms with Gasteiger partial charge in [0.05, 0.1) is 11.9 Å². The molecule has 1 aromatic carbocycles. The van der Waals surface area contributed by atoms with E-state index in [1.165, 1.54) is 82.8 Å². The quantitative estimate of drug-likeness (QED) is 0.197. The Kier molecular flexibility index (Phi) is 14.1. The van der Waals surface area contributed by atoms with E-state index >= 15 is 0 Å². The van der Waals surface area contributed by atoms with Crippen LogP contribution >= 0.6 is 0 Å². The number of carbonyl (C=O) groups excluding carboxylic acids is 3. The Hall–Kier alpha value is -2.37. The number of rotatable bonds is 19. The highest BCUT2D eigenvalue weighted by atomic mass is 16.4. The van der Waals surface area contributed by atoms with Crippen molar-refractivity contribution in [2.24, 2.45) is 5.92 Å². The van der Waals surface area contributed by atoms with E-state index in [0.29, 0.717) is 0 Å². The summed E-state index contributed by atoms with van der Waals surface area (Å²) in [5.41, 5.74) is 0.800. The number of Topliss-reactive ketones (excluding diaryl/α,β-unsaturated/α-hetero) is 1. The lowest BCUT2D eigenvalue weighted by Crippen LogP contribution is -2.47. The molecule has 180 valence electrons. The smallest absolute Gasteiger partial charge is 0.177 e. The minimum absolute atomic E-state index is 0.00237. The molecule has 1 unspecified atom stereocenters. The maximum Gasteiger partial charge on any atom is 0.177 e. The molecule has 6 nitrogen and oxygen atoms in total. The second-order valence-corrected chi connectivity index (χ2v) is 8.74. The van der Waals surface area contributed by atoms with Crippen molar-refractivity contribution in [3.8, 4) is 0 Å². The molecule has 0 fully saturated rings. The predicted molar refractivity (Wildman–Crippen MR) is 123 cm³/mol. The van der Waals surface area contributed by atoms with Gasteiger partial charge in [0.2, 0.25) is 0 Å². The summed E-state index contributed by atoms with van der Waals surface area (Å²) >= 11 is 0. The number of carboxylic acids is 2. The van der Waals surface area contributed by atoms with Gasteiger partial charge in [0.15, 0.2) is 5.78 Å². The molecule has 0 spiro atoms. The number of aliphatic carboxylic acids is 2. The van der Waals surface area contributed by atoms with Crippen LogP contribution in [0, 0.1) is 5.92 Å². The minimum atomic E-state index is -2.29. The Labute approximate surface area is 192 Å². The number of carbonyl (C=O) groups is 3. The zero-order valence-electron chi connectivity index (χ0n) is 19.7. The van der Waals surface area contributed by atoms with Crippen LogP contribution in [0.25, 0.3) is 0 Å². The van der Waals surface area contributed by atoms with Gasteiger partial charge < -0.3 is 25.1 Å². The van der Waals surface area contributed by atoms with Crippen LogP contribution in [0.5, 0.6) is 0 Å². The van der Waals surface area contributed by atoms with Crippen LogP contribution in [0.15, 0.2) is 24.3 Å². The Morgan fingerprint density at radius 1 is 0.750 bits per heavy atom. The number of hydrogen-bond donors (Lipinski definition) is 1. The van der Waals surface area contributed by atoms with Crippen molar-refractivity contribution in [1.82, 2.24) is 0 Å². The minimum Gasteiger partial charge on any atom is -0.549 e. The van der Waals surface area contributed by atoms with E-state index in [1.54, 1.807) is 12.1 Å². The first-order chi connectivity index (χ1) is 15.4. The Morgan fingerprint density at radius 3 is 1.62 bits per heavy atom. The number of carboxylic acid groups (broad SMARTS) is 2. The fraction of sp³-hybridized carbons (Fsp3) is 0.654. The van der Waals surface area contributed by atoms with Crippen molar-refractivity contribution >= 4 is 23.4 Å². The fourth-order valence-corrected chi connectivity index (χ4v) is 3.86. The maximum absolute atomic E-state index is 12.0. The summed E-state index contributed by atoms with van der Waals surface area (Å²) in [7, 11) is 0. The molecule has 0 aliphatic rings. The molecule has 6 heteroatoms. The van der Waals surface area contributed by atoms with Crippen LogP contribution in [0.2, 0.25) is 0 Å². The van der Waals surface area contributed by atoms with E-state index in [0.717, 1.165) is 18.5 Å². The molecule has 1 rings (SSSR count). The van der Waals surface area contributed by atoms with Crippen molar-refractivity contribution in [1.29, 1.82) is 0 Å². The van der Waals surface area contributed by atoms with Gasteiger partial charge in [-0.1, -0.05) is 84.0 Å². The van der Waals surface area contributed by atoms with Crippen LogP contribution in [-0.2, 0) is 9.59 Å². The highest BCUT2D eigenvalue weighted by Gasteiger charge is 2.22. The lowest BCUT2D eigenvalue weighted by atomic mass is 9.97. The van der Waals surface area contributed by atoms with Gasteiger partial charge in [-0.15, -0.1) is 0 Å². The Morgan fingerprint density at radius 2 is 1.19 bits per heavy atom. The van der Waals surface area contributed by atoms with E-state index in [9.17, 15) is 24.6 Å². The van der Waals surface area contributed by atoms with E-state index in [1.807, 2.05) is 0 Å². The summed E-state index contributed by atoms with van der Waals surface area (Å²) in [6.45, 7) is 4.35. The third kappa shape index (κ3) is 11.3. The van der Waals surface area contributed by atoms with Gasteiger partial charge in [-0.05, 0) is 37.6 Å². The van der Waals surface area contributed by atoms with Gasteiger partial charge >= 0.3 is 0 Å². The van der Waals surface area contributed by atoms with Gasteiger partial charge in [-0.3, -0.25) is 4.79 Å². The van der Waals surface area contributed by atoms with Crippen LogP contribution in [0.4, 0.5) is 5.69 Å². The molecule has 0 saturated heterocycles. The zero-order valence-corrected chi connectivity index (χ0v) is 19.7. The second-order valence-electron chi connectivity index (χ2n) is 8.74.